The lowest BCUT2D eigenvalue weighted by atomic mass is 10.0. The Kier molecular flexibility index (Phi) is 4.18. The minimum absolute atomic E-state index is 0.00193. The number of amides is 1. The van der Waals surface area contributed by atoms with E-state index >= 15 is 0 Å². The molecule has 92 valence electrons. The summed E-state index contributed by atoms with van der Waals surface area (Å²) in [4.78, 5) is 11.9. The lowest BCUT2D eigenvalue weighted by Gasteiger charge is -2.14. The molecule has 1 fully saturated rings. The molecule has 1 N–H and O–H groups in total. The zero-order valence-corrected chi connectivity index (χ0v) is 11.4. The van der Waals surface area contributed by atoms with Crippen molar-refractivity contribution in [2.75, 3.05) is 6.61 Å². The molecule has 1 aromatic rings. The van der Waals surface area contributed by atoms with Gasteiger partial charge in [-0.05, 0) is 30.0 Å². The van der Waals surface area contributed by atoms with E-state index in [9.17, 15) is 4.79 Å². The largest absolute Gasteiger partial charge is 0.368 e. The van der Waals surface area contributed by atoms with Gasteiger partial charge >= 0.3 is 0 Å². The number of halogens is 1. The predicted octanol–water partition coefficient (Wildman–Crippen LogP) is 2.49. The highest BCUT2D eigenvalue weighted by atomic mass is 79.9. The van der Waals surface area contributed by atoms with Gasteiger partial charge in [-0.2, -0.15) is 0 Å². The predicted molar refractivity (Wildman–Crippen MR) is 69.5 cm³/mol. The first-order chi connectivity index (χ1) is 8.16. The third-order valence-corrected chi connectivity index (χ3v) is 3.55. The van der Waals surface area contributed by atoms with Crippen molar-refractivity contribution in [3.05, 3.63) is 34.3 Å². The number of ether oxygens (including phenoxy) is 1. The van der Waals surface area contributed by atoms with Gasteiger partial charge in [-0.1, -0.05) is 35.0 Å². The standard InChI is InChI=1S/C13H16BrNO2/c1-9-6-7-17-12(9)13(16)15-8-10-2-4-11(14)5-3-10/h2-5,9,12H,6-8H2,1H3,(H,15,16). The Morgan fingerprint density at radius 1 is 1.47 bits per heavy atom. The number of benzene rings is 1. The quantitative estimate of drug-likeness (QED) is 0.931. The second-order valence-electron chi connectivity index (χ2n) is 4.40. The number of carbonyl (C=O) groups excluding carboxylic acids is 1. The molecular weight excluding hydrogens is 282 g/mol. The molecule has 2 atom stereocenters. The van der Waals surface area contributed by atoms with Crippen LogP contribution < -0.4 is 5.32 Å². The van der Waals surface area contributed by atoms with Crippen LogP contribution in [0, 0.1) is 5.92 Å². The summed E-state index contributed by atoms with van der Waals surface area (Å²) in [5, 5.41) is 2.91. The van der Waals surface area contributed by atoms with Gasteiger partial charge in [0.25, 0.3) is 0 Å². The molecule has 1 aliphatic rings. The first-order valence-electron chi connectivity index (χ1n) is 5.80. The molecule has 2 rings (SSSR count). The van der Waals surface area contributed by atoms with Gasteiger partial charge in [0.1, 0.15) is 6.10 Å². The van der Waals surface area contributed by atoms with Crippen LogP contribution in [0.2, 0.25) is 0 Å². The lowest BCUT2D eigenvalue weighted by molar-refractivity contribution is -0.131. The Balaban J connectivity index is 1.85. The van der Waals surface area contributed by atoms with E-state index in [0.717, 1.165) is 16.5 Å². The first kappa shape index (κ1) is 12.6. The van der Waals surface area contributed by atoms with E-state index in [1.54, 1.807) is 0 Å². The molecule has 1 aliphatic heterocycles. The van der Waals surface area contributed by atoms with E-state index in [1.165, 1.54) is 0 Å². The molecular formula is C13H16BrNO2. The third kappa shape index (κ3) is 3.30. The van der Waals surface area contributed by atoms with Crippen LogP contribution in [0.4, 0.5) is 0 Å². The molecule has 2 unspecified atom stereocenters. The fraction of sp³-hybridized carbons (Fsp3) is 0.462. The van der Waals surface area contributed by atoms with Crippen molar-refractivity contribution in [2.45, 2.75) is 26.0 Å². The summed E-state index contributed by atoms with van der Waals surface area (Å²) < 4.78 is 6.46. The summed E-state index contributed by atoms with van der Waals surface area (Å²) >= 11 is 3.38. The van der Waals surface area contributed by atoms with Crippen molar-refractivity contribution in [3.8, 4) is 0 Å². The van der Waals surface area contributed by atoms with Gasteiger partial charge in [0, 0.05) is 17.6 Å². The van der Waals surface area contributed by atoms with Gasteiger partial charge in [0.05, 0.1) is 0 Å². The average molecular weight is 298 g/mol. The van der Waals surface area contributed by atoms with Crippen LogP contribution in [0.25, 0.3) is 0 Å². The first-order valence-corrected chi connectivity index (χ1v) is 6.60. The summed E-state index contributed by atoms with van der Waals surface area (Å²) in [5.41, 5.74) is 1.09. The maximum atomic E-state index is 11.9. The van der Waals surface area contributed by atoms with Gasteiger partial charge in [-0.25, -0.2) is 0 Å². The molecule has 0 saturated carbocycles. The maximum absolute atomic E-state index is 11.9. The Labute approximate surface area is 110 Å². The molecule has 0 aliphatic carbocycles. The van der Waals surface area contributed by atoms with E-state index < -0.39 is 0 Å². The monoisotopic (exact) mass is 297 g/mol. The summed E-state index contributed by atoms with van der Waals surface area (Å²) in [7, 11) is 0. The molecule has 1 aromatic carbocycles. The topological polar surface area (TPSA) is 38.3 Å². The van der Waals surface area contributed by atoms with Crippen LogP contribution in [0.3, 0.4) is 0 Å². The maximum Gasteiger partial charge on any atom is 0.249 e. The van der Waals surface area contributed by atoms with Gasteiger partial charge in [0.15, 0.2) is 0 Å². The SMILES string of the molecule is CC1CCOC1C(=O)NCc1ccc(Br)cc1. The second kappa shape index (κ2) is 5.65. The van der Waals surface area contributed by atoms with Crippen LogP contribution in [0.1, 0.15) is 18.9 Å². The molecule has 4 heteroatoms. The minimum Gasteiger partial charge on any atom is -0.368 e. The molecule has 0 spiro atoms. The molecule has 3 nitrogen and oxygen atoms in total. The molecule has 1 amide bonds. The number of rotatable bonds is 3. The Morgan fingerprint density at radius 3 is 2.76 bits per heavy atom. The number of nitrogens with one attached hydrogen (secondary N) is 1. The van der Waals surface area contributed by atoms with E-state index in [0.29, 0.717) is 19.1 Å². The van der Waals surface area contributed by atoms with Crippen molar-refractivity contribution < 1.29 is 9.53 Å². The van der Waals surface area contributed by atoms with E-state index in [-0.39, 0.29) is 12.0 Å². The fourth-order valence-electron chi connectivity index (χ4n) is 1.92. The van der Waals surface area contributed by atoms with Gasteiger partial charge in [0.2, 0.25) is 5.91 Å². The highest BCUT2D eigenvalue weighted by molar-refractivity contribution is 9.10. The van der Waals surface area contributed by atoms with Gasteiger partial charge < -0.3 is 10.1 Å². The van der Waals surface area contributed by atoms with Crippen LogP contribution in [-0.4, -0.2) is 18.6 Å². The van der Waals surface area contributed by atoms with Crippen molar-refractivity contribution >= 4 is 21.8 Å². The molecule has 0 radical (unpaired) electrons. The number of hydrogen-bond acceptors (Lipinski definition) is 2. The molecule has 1 saturated heterocycles. The smallest absolute Gasteiger partial charge is 0.249 e. The average Bonchev–Trinajstić information content (AvgIpc) is 2.74. The van der Waals surface area contributed by atoms with Crippen LogP contribution in [0.15, 0.2) is 28.7 Å². The summed E-state index contributed by atoms with van der Waals surface area (Å²) in [6.07, 6.45) is 0.696. The highest BCUT2D eigenvalue weighted by Crippen LogP contribution is 2.20. The van der Waals surface area contributed by atoms with E-state index in [1.807, 2.05) is 24.3 Å². The third-order valence-electron chi connectivity index (χ3n) is 3.03. The summed E-state index contributed by atoms with van der Waals surface area (Å²) in [5.74, 6) is 0.317. The molecule has 0 aromatic heterocycles. The van der Waals surface area contributed by atoms with Crippen LogP contribution >= 0.6 is 15.9 Å². The summed E-state index contributed by atoms with van der Waals surface area (Å²) in [6, 6.07) is 7.92. The number of hydrogen-bond donors (Lipinski definition) is 1. The summed E-state index contributed by atoms with van der Waals surface area (Å²) in [6.45, 7) is 3.30. The number of carbonyl (C=O) groups is 1. The molecule has 1 heterocycles. The molecule has 0 bridgehead atoms. The van der Waals surface area contributed by atoms with Gasteiger partial charge in [-0.15, -0.1) is 0 Å². The minimum atomic E-state index is -0.273. The van der Waals surface area contributed by atoms with Crippen molar-refractivity contribution in [2.24, 2.45) is 5.92 Å². The van der Waals surface area contributed by atoms with Crippen LogP contribution in [0.5, 0.6) is 0 Å². The zero-order chi connectivity index (χ0) is 12.3. The Hall–Kier alpha value is -0.870. The Morgan fingerprint density at radius 2 is 2.18 bits per heavy atom. The van der Waals surface area contributed by atoms with Crippen molar-refractivity contribution in [3.63, 3.8) is 0 Å². The van der Waals surface area contributed by atoms with Gasteiger partial charge in [-0.3, -0.25) is 4.79 Å². The fourth-order valence-corrected chi connectivity index (χ4v) is 2.19. The normalized spacial score (nSPS) is 23.6. The van der Waals surface area contributed by atoms with E-state index in [4.69, 9.17) is 4.74 Å². The van der Waals surface area contributed by atoms with Crippen molar-refractivity contribution in [1.82, 2.24) is 5.32 Å². The Bertz CT molecular complexity index is 391. The van der Waals surface area contributed by atoms with E-state index in [2.05, 4.69) is 28.2 Å². The zero-order valence-electron chi connectivity index (χ0n) is 9.78. The van der Waals surface area contributed by atoms with Crippen LogP contribution in [-0.2, 0) is 16.1 Å². The highest BCUT2D eigenvalue weighted by Gasteiger charge is 2.30. The van der Waals surface area contributed by atoms with Crippen molar-refractivity contribution in [1.29, 1.82) is 0 Å². The second-order valence-corrected chi connectivity index (χ2v) is 5.32. The lowest BCUT2D eigenvalue weighted by Crippen LogP contribution is -2.36. The molecule has 17 heavy (non-hydrogen) atoms.